The van der Waals surface area contributed by atoms with Crippen molar-refractivity contribution < 1.29 is 9.64 Å². The molecule has 1 atom stereocenters. The van der Waals surface area contributed by atoms with E-state index in [9.17, 15) is 0 Å². The molecule has 0 spiro atoms. The molecule has 1 aromatic heterocycles. The molecule has 0 aliphatic carbocycles. The quantitative estimate of drug-likeness (QED) is 0.822. The summed E-state index contributed by atoms with van der Waals surface area (Å²) in [7, 11) is 3.76. The van der Waals surface area contributed by atoms with Gasteiger partial charge in [0.2, 0.25) is 4.77 Å². The zero-order valence-electron chi connectivity index (χ0n) is 12.5. The van der Waals surface area contributed by atoms with Crippen molar-refractivity contribution in [2.24, 2.45) is 0 Å². The van der Waals surface area contributed by atoms with Crippen LogP contribution in [0.4, 0.5) is 0 Å². The fourth-order valence-electron chi connectivity index (χ4n) is 2.22. The van der Waals surface area contributed by atoms with Gasteiger partial charge in [0, 0.05) is 17.1 Å². The van der Waals surface area contributed by atoms with Crippen LogP contribution in [0.2, 0.25) is 5.02 Å². The second-order valence-electron chi connectivity index (χ2n) is 4.95. The first kappa shape index (κ1) is 16.0. The van der Waals surface area contributed by atoms with Crippen LogP contribution in [0.5, 0.6) is 5.75 Å². The topological polar surface area (TPSA) is 36.4 Å². The van der Waals surface area contributed by atoms with Crippen molar-refractivity contribution in [2.45, 2.75) is 26.7 Å². The van der Waals surface area contributed by atoms with E-state index in [2.05, 4.69) is 19.1 Å². The van der Waals surface area contributed by atoms with Crippen LogP contribution in [0, 0.1) is 4.77 Å². The number of aryl methyl sites for hydroxylation is 1. The minimum Gasteiger partial charge on any atom is -0.496 e. The molecule has 0 fully saturated rings. The Labute approximate surface area is 134 Å². The Morgan fingerprint density at radius 1 is 1.43 bits per heavy atom. The molecule has 114 valence electrons. The lowest BCUT2D eigenvalue weighted by Gasteiger charge is -2.16. The minimum atomic E-state index is 0.696. The summed E-state index contributed by atoms with van der Waals surface area (Å²) in [6.07, 6.45) is 1.77. The molecule has 1 aromatic carbocycles. The fraction of sp³-hybridized carbons (Fsp3) is 0.429. The van der Waals surface area contributed by atoms with Gasteiger partial charge in [0.15, 0.2) is 6.67 Å². The number of aromatic nitrogens is 3. The highest BCUT2D eigenvalue weighted by Crippen LogP contribution is 2.21. The largest absolute Gasteiger partial charge is 0.496 e. The van der Waals surface area contributed by atoms with E-state index in [4.69, 9.17) is 28.6 Å². The molecule has 1 unspecified atom stereocenters. The average molecular weight is 328 g/mol. The summed E-state index contributed by atoms with van der Waals surface area (Å²) in [6.45, 7) is 4.36. The Balaban J connectivity index is 2.11. The lowest BCUT2D eigenvalue weighted by molar-refractivity contribution is -0.917. The van der Waals surface area contributed by atoms with Gasteiger partial charge < -0.3 is 14.2 Å². The molecule has 0 bridgehead atoms. The molecule has 7 heteroatoms. The standard InChI is InChI=1S/C14H19ClN4OS/c1-4-18-9-16-19(14(18)21)10-17(2)8-11-7-12(15)5-6-13(11)20-3/h5-7,9H,4,8,10H2,1-3H3/p+1. The molecule has 1 heterocycles. The second kappa shape index (κ2) is 7.06. The van der Waals surface area contributed by atoms with Gasteiger partial charge in [0.1, 0.15) is 18.6 Å². The maximum Gasteiger partial charge on any atom is 0.202 e. The highest BCUT2D eigenvalue weighted by Gasteiger charge is 2.12. The molecular formula is C14H20ClN4OS+. The Morgan fingerprint density at radius 2 is 2.19 bits per heavy atom. The van der Waals surface area contributed by atoms with Gasteiger partial charge >= 0.3 is 0 Å². The molecular weight excluding hydrogens is 308 g/mol. The van der Waals surface area contributed by atoms with E-state index in [1.54, 1.807) is 13.4 Å². The highest BCUT2D eigenvalue weighted by atomic mass is 35.5. The van der Waals surface area contributed by atoms with E-state index in [0.29, 0.717) is 11.7 Å². The van der Waals surface area contributed by atoms with Crippen LogP contribution >= 0.6 is 23.8 Å². The average Bonchev–Trinajstić information content (AvgIpc) is 2.79. The second-order valence-corrected chi connectivity index (χ2v) is 5.75. The van der Waals surface area contributed by atoms with Crippen LogP contribution in [0.3, 0.4) is 0 Å². The molecule has 0 radical (unpaired) electrons. The Kier molecular flexibility index (Phi) is 5.39. The molecule has 2 rings (SSSR count). The summed E-state index contributed by atoms with van der Waals surface area (Å²) in [6, 6.07) is 5.66. The number of hydrogen-bond donors (Lipinski definition) is 1. The molecule has 0 saturated carbocycles. The summed E-state index contributed by atoms with van der Waals surface area (Å²) >= 11 is 11.4. The van der Waals surface area contributed by atoms with E-state index in [1.165, 1.54) is 4.90 Å². The maximum atomic E-state index is 6.06. The first-order valence-corrected chi connectivity index (χ1v) is 7.59. The van der Waals surface area contributed by atoms with Crippen LogP contribution in [-0.2, 0) is 19.8 Å². The number of quaternary nitrogens is 1. The summed E-state index contributed by atoms with van der Waals surface area (Å²) in [4.78, 5) is 1.24. The molecule has 0 saturated heterocycles. The van der Waals surface area contributed by atoms with Crippen LogP contribution in [-0.4, -0.2) is 28.5 Å². The minimum absolute atomic E-state index is 0.696. The molecule has 21 heavy (non-hydrogen) atoms. The Morgan fingerprint density at radius 3 is 2.81 bits per heavy atom. The third-order valence-corrected chi connectivity index (χ3v) is 3.97. The van der Waals surface area contributed by atoms with Crippen molar-refractivity contribution in [2.75, 3.05) is 14.2 Å². The number of rotatable bonds is 6. The van der Waals surface area contributed by atoms with E-state index in [1.807, 2.05) is 27.4 Å². The maximum absolute atomic E-state index is 6.06. The highest BCUT2D eigenvalue weighted by molar-refractivity contribution is 7.71. The van der Waals surface area contributed by atoms with E-state index in [0.717, 1.165) is 29.2 Å². The molecule has 5 nitrogen and oxygen atoms in total. The van der Waals surface area contributed by atoms with E-state index < -0.39 is 0 Å². The number of ether oxygens (including phenoxy) is 1. The van der Waals surface area contributed by atoms with Crippen LogP contribution in [0.15, 0.2) is 24.5 Å². The van der Waals surface area contributed by atoms with Crippen molar-refractivity contribution in [3.05, 3.63) is 39.9 Å². The first-order chi connectivity index (χ1) is 10.0. The molecule has 1 N–H and O–H groups in total. The van der Waals surface area contributed by atoms with Crippen molar-refractivity contribution in [1.29, 1.82) is 0 Å². The molecule has 2 aromatic rings. The van der Waals surface area contributed by atoms with Crippen molar-refractivity contribution in [3.8, 4) is 5.75 Å². The SMILES string of the molecule is CCn1cnn(C[NH+](C)Cc2cc(Cl)ccc2OC)c1=S. The van der Waals surface area contributed by atoms with Gasteiger partial charge in [-0.25, -0.2) is 0 Å². The first-order valence-electron chi connectivity index (χ1n) is 6.81. The van der Waals surface area contributed by atoms with Gasteiger partial charge in [-0.1, -0.05) is 11.6 Å². The number of nitrogens with one attached hydrogen (secondary N) is 1. The van der Waals surface area contributed by atoms with Crippen LogP contribution in [0.1, 0.15) is 12.5 Å². The van der Waals surface area contributed by atoms with Crippen LogP contribution < -0.4 is 9.64 Å². The molecule has 0 aliphatic rings. The number of hydrogen-bond acceptors (Lipinski definition) is 3. The number of benzene rings is 1. The van der Waals surface area contributed by atoms with Crippen molar-refractivity contribution >= 4 is 23.8 Å². The third-order valence-electron chi connectivity index (χ3n) is 3.29. The zero-order valence-corrected chi connectivity index (χ0v) is 14.0. The third kappa shape index (κ3) is 3.84. The molecule has 0 aliphatic heterocycles. The summed E-state index contributed by atoms with van der Waals surface area (Å²) in [5.74, 6) is 0.849. The Hall–Kier alpha value is -1.37. The predicted octanol–water partition coefficient (Wildman–Crippen LogP) is 1.77. The van der Waals surface area contributed by atoms with Gasteiger partial charge in [-0.2, -0.15) is 9.78 Å². The van der Waals surface area contributed by atoms with Crippen molar-refractivity contribution in [1.82, 2.24) is 14.3 Å². The predicted molar refractivity (Wildman–Crippen MR) is 85.3 cm³/mol. The van der Waals surface area contributed by atoms with Gasteiger partial charge in [-0.05, 0) is 37.3 Å². The number of halogens is 1. The fourth-order valence-corrected chi connectivity index (χ4v) is 2.70. The van der Waals surface area contributed by atoms with Gasteiger partial charge in [0.05, 0.1) is 14.2 Å². The summed E-state index contributed by atoms with van der Waals surface area (Å²) < 4.78 is 9.91. The summed E-state index contributed by atoms with van der Waals surface area (Å²) in [5.41, 5.74) is 1.07. The number of methoxy groups -OCH3 is 1. The Bertz CT molecular complexity index is 667. The van der Waals surface area contributed by atoms with E-state index in [-0.39, 0.29) is 0 Å². The number of nitrogens with zero attached hydrogens (tertiary/aromatic N) is 3. The lowest BCUT2D eigenvalue weighted by Crippen LogP contribution is -3.07. The lowest BCUT2D eigenvalue weighted by atomic mass is 10.2. The zero-order chi connectivity index (χ0) is 15.4. The van der Waals surface area contributed by atoms with Crippen LogP contribution in [0.25, 0.3) is 0 Å². The van der Waals surface area contributed by atoms with Gasteiger partial charge in [0.25, 0.3) is 0 Å². The van der Waals surface area contributed by atoms with Gasteiger partial charge in [-0.3, -0.25) is 0 Å². The normalized spacial score (nSPS) is 12.4. The van der Waals surface area contributed by atoms with E-state index >= 15 is 0 Å². The summed E-state index contributed by atoms with van der Waals surface area (Å²) in [5, 5.41) is 5.04. The smallest absolute Gasteiger partial charge is 0.202 e. The molecule has 0 amide bonds. The van der Waals surface area contributed by atoms with Crippen molar-refractivity contribution in [3.63, 3.8) is 0 Å². The monoisotopic (exact) mass is 327 g/mol. The van der Waals surface area contributed by atoms with Gasteiger partial charge in [-0.15, -0.1) is 0 Å².